The fourth-order valence-corrected chi connectivity index (χ4v) is 1.75. The number of hydrogen-bond donors (Lipinski definition) is 0. The molecule has 4 heteroatoms. The summed E-state index contributed by atoms with van der Waals surface area (Å²) < 4.78 is 15.8. The number of rotatable bonds is 5. The lowest BCUT2D eigenvalue weighted by Crippen LogP contribution is -2.38. The van der Waals surface area contributed by atoms with Crippen LogP contribution < -0.4 is 0 Å². The number of carbonyl (C=O) groups excluding carboxylic acids is 1. The highest BCUT2D eigenvalue weighted by Crippen LogP contribution is 2.31. The minimum absolute atomic E-state index is 0.0385. The van der Waals surface area contributed by atoms with E-state index in [1.165, 1.54) is 27.4 Å². The zero-order chi connectivity index (χ0) is 12.2. The average Bonchev–Trinajstić information content (AvgIpc) is 2.31. The molecule has 1 aliphatic rings. The molecular weight excluding hydrogens is 208 g/mol. The monoisotopic (exact) mass is 226 g/mol. The lowest BCUT2D eigenvalue weighted by atomic mass is 9.95. The molecule has 16 heavy (non-hydrogen) atoms. The Labute approximate surface area is 95.9 Å². The molecule has 0 aromatic heterocycles. The van der Waals surface area contributed by atoms with E-state index in [9.17, 15) is 4.79 Å². The van der Waals surface area contributed by atoms with Gasteiger partial charge in [-0.05, 0) is 12.5 Å². The predicted molar refractivity (Wildman–Crippen MR) is 59.8 cm³/mol. The fourth-order valence-electron chi connectivity index (χ4n) is 1.75. The van der Waals surface area contributed by atoms with Crippen LogP contribution in [0.3, 0.4) is 0 Å². The van der Waals surface area contributed by atoms with Crippen LogP contribution in [0.5, 0.6) is 0 Å². The van der Waals surface area contributed by atoms with Gasteiger partial charge in [0.25, 0.3) is 0 Å². The van der Waals surface area contributed by atoms with Crippen LogP contribution in [0.2, 0.25) is 0 Å². The summed E-state index contributed by atoms with van der Waals surface area (Å²) in [5.41, 5.74) is 0.701. The van der Waals surface area contributed by atoms with Crippen molar-refractivity contribution in [3.63, 3.8) is 0 Å². The molecule has 0 radical (unpaired) electrons. The van der Waals surface area contributed by atoms with E-state index in [1.54, 1.807) is 6.08 Å². The predicted octanol–water partition coefficient (Wildman–Crippen LogP) is 1.81. The van der Waals surface area contributed by atoms with Gasteiger partial charge < -0.3 is 14.2 Å². The molecule has 1 rings (SSSR count). The minimum atomic E-state index is -1.06. The quantitative estimate of drug-likeness (QED) is 0.671. The van der Waals surface area contributed by atoms with Crippen molar-refractivity contribution in [2.75, 3.05) is 21.3 Å². The summed E-state index contributed by atoms with van der Waals surface area (Å²) in [7, 11) is 4.53. The summed E-state index contributed by atoms with van der Waals surface area (Å²) in [5.74, 6) is -0.724. The maximum atomic E-state index is 11.7. The molecule has 0 saturated heterocycles. The van der Waals surface area contributed by atoms with Crippen LogP contribution >= 0.6 is 0 Å². The molecule has 0 amide bonds. The number of allylic oxidation sites excluding steroid dienone is 2. The third-order valence-corrected chi connectivity index (χ3v) is 2.63. The number of hydrogen-bond acceptors (Lipinski definition) is 4. The number of ketones is 1. The number of carbonyl (C=O) groups is 1. The van der Waals surface area contributed by atoms with E-state index in [2.05, 4.69) is 0 Å². The van der Waals surface area contributed by atoms with E-state index in [1.807, 2.05) is 6.92 Å². The Morgan fingerprint density at radius 3 is 2.31 bits per heavy atom. The summed E-state index contributed by atoms with van der Waals surface area (Å²) >= 11 is 0. The topological polar surface area (TPSA) is 44.8 Å². The van der Waals surface area contributed by atoms with Crippen molar-refractivity contribution in [2.24, 2.45) is 0 Å². The Balaban J connectivity index is 3.11. The van der Waals surface area contributed by atoms with E-state index in [0.717, 1.165) is 6.42 Å². The lowest BCUT2D eigenvalue weighted by molar-refractivity contribution is -0.168. The van der Waals surface area contributed by atoms with Gasteiger partial charge in [-0.3, -0.25) is 4.79 Å². The Morgan fingerprint density at radius 2 is 1.88 bits per heavy atom. The Hall–Kier alpha value is -1.13. The highest BCUT2D eigenvalue weighted by molar-refractivity contribution is 6.05. The molecule has 0 heterocycles. The molecule has 0 atom stereocenters. The average molecular weight is 226 g/mol. The maximum absolute atomic E-state index is 11.7. The molecule has 0 spiro atoms. The summed E-state index contributed by atoms with van der Waals surface area (Å²) in [5, 5.41) is 0. The molecule has 0 unspecified atom stereocenters. The summed E-state index contributed by atoms with van der Waals surface area (Å²) in [4.78, 5) is 11.7. The smallest absolute Gasteiger partial charge is 0.248 e. The van der Waals surface area contributed by atoms with Crippen molar-refractivity contribution in [1.82, 2.24) is 0 Å². The molecule has 0 aromatic rings. The van der Waals surface area contributed by atoms with Gasteiger partial charge in [0.2, 0.25) is 5.79 Å². The van der Waals surface area contributed by atoms with E-state index in [-0.39, 0.29) is 5.78 Å². The summed E-state index contributed by atoms with van der Waals surface area (Å²) in [6.07, 6.45) is 4.73. The highest BCUT2D eigenvalue weighted by Gasteiger charge is 2.38. The first-order valence-corrected chi connectivity index (χ1v) is 5.26. The summed E-state index contributed by atoms with van der Waals surface area (Å²) in [6.45, 7) is 2.02. The molecule has 0 fully saturated rings. The first kappa shape index (κ1) is 12.9. The SMILES string of the molecule is CCCC1=CC(OC)(OC)C(OC)=CC1=O. The zero-order valence-corrected chi connectivity index (χ0v) is 10.2. The van der Waals surface area contributed by atoms with E-state index < -0.39 is 5.79 Å². The fraction of sp³-hybridized carbons (Fsp3) is 0.583. The first-order chi connectivity index (χ1) is 7.63. The van der Waals surface area contributed by atoms with Crippen molar-refractivity contribution >= 4 is 5.78 Å². The van der Waals surface area contributed by atoms with E-state index in [0.29, 0.717) is 17.8 Å². The van der Waals surface area contributed by atoms with Gasteiger partial charge in [-0.25, -0.2) is 0 Å². The third kappa shape index (κ3) is 2.18. The molecule has 0 aliphatic heterocycles. The largest absolute Gasteiger partial charge is 0.495 e. The van der Waals surface area contributed by atoms with Gasteiger partial charge >= 0.3 is 0 Å². The van der Waals surface area contributed by atoms with Crippen LogP contribution in [0, 0.1) is 0 Å². The van der Waals surface area contributed by atoms with Crippen LogP contribution in [0.25, 0.3) is 0 Å². The second-order valence-corrected chi connectivity index (χ2v) is 3.57. The minimum Gasteiger partial charge on any atom is -0.495 e. The van der Waals surface area contributed by atoms with Gasteiger partial charge in [-0.1, -0.05) is 13.3 Å². The third-order valence-electron chi connectivity index (χ3n) is 2.63. The molecule has 1 aliphatic carbocycles. The van der Waals surface area contributed by atoms with Crippen molar-refractivity contribution in [1.29, 1.82) is 0 Å². The molecule has 0 aromatic carbocycles. The van der Waals surface area contributed by atoms with Crippen molar-refractivity contribution < 1.29 is 19.0 Å². The molecular formula is C12H18O4. The second-order valence-electron chi connectivity index (χ2n) is 3.57. The molecule has 0 saturated carbocycles. The van der Waals surface area contributed by atoms with Crippen molar-refractivity contribution in [2.45, 2.75) is 25.6 Å². The van der Waals surface area contributed by atoms with Gasteiger partial charge in [0.05, 0.1) is 7.11 Å². The van der Waals surface area contributed by atoms with Crippen molar-refractivity contribution in [3.05, 3.63) is 23.5 Å². The normalized spacial score (nSPS) is 19.1. The van der Waals surface area contributed by atoms with Crippen LogP contribution in [-0.4, -0.2) is 32.9 Å². The lowest BCUT2D eigenvalue weighted by Gasteiger charge is -2.32. The van der Waals surface area contributed by atoms with Crippen molar-refractivity contribution in [3.8, 4) is 0 Å². The van der Waals surface area contributed by atoms with Gasteiger partial charge in [-0.2, -0.15) is 0 Å². The first-order valence-electron chi connectivity index (χ1n) is 5.26. The van der Waals surface area contributed by atoms with Gasteiger partial charge in [-0.15, -0.1) is 0 Å². The Morgan fingerprint density at radius 1 is 1.25 bits per heavy atom. The van der Waals surface area contributed by atoms with Gasteiger partial charge in [0.15, 0.2) is 11.5 Å². The number of methoxy groups -OCH3 is 3. The number of ether oxygens (including phenoxy) is 3. The Bertz CT molecular complexity index is 324. The molecule has 4 nitrogen and oxygen atoms in total. The maximum Gasteiger partial charge on any atom is 0.248 e. The van der Waals surface area contributed by atoms with E-state index in [4.69, 9.17) is 14.2 Å². The van der Waals surface area contributed by atoms with Crippen LogP contribution in [0.1, 0.15) is 19.8 Å². The summed E-state index contributed by atoms with van der Waals surface area (Å²) in [6, 6.07) is 0. The van der Waals surface area contributed by atoms with Gasteiger partial charge in [0, 0.05) is 25.9 Å². The molecule has 0 N–H and O–H groups in total. The van der Waals surface area contributed by atoms with E-state index >= 15 is 0 Å². The van der Waals surface area contributed by atoms with Gasteiger partial charge in [0.1, 0.15) is 0 Å². The zero-order valence-electron chi connectivity index (χ0n) is 10.2. The van der Waals surface area contributed by atoms with Crippen LogP contribution in [0.15, 0.2) is 23.5 Å². The molecule has 90 valence electrons. The van der Waals surface area contributed by atoms with Crippen LogP contribution in [-0.2, 0) is 19.0 Å². The molecule has 0 bridgehead atoms. The standard InChI is InChI=1S/C12H18O4/c1-5-6-9-8-12(15-3,16-4)11(14-2)7-10(9)13/h7-8H,5-6H2,1-4H3. The van der Waals surface area contributed by atoms with Crippen LogP contribution in [0.4, 0.5) is 0 Å². The highest BCUT2D eigenvalue weighted by atomic mass is 16.7. The second kappa shape index (κ2) is 5.27. The Kier molecular flexibility index (Phi) is 4.26.